The summed E-state index contributed by atoms with van der Waals surface area (Å²) in [7, 11) is 0. The molecule has 0 radical (unpaired) electrons. The molecule has 1 aromatic heterocycles. The average molecular weight is 365 g/mol. The highest BCUT2D eigenvalue weighted by atomic mass is 16.3. The van der Waals surface area contributed by atoms with Gasteiger partial charge in [-0.2, -0.15) is 0 Å². The maximum Gasteiger partial charge on any atom is 0.159 e. The van der Waals surface area contributed by atoms with E-state index in [1.807, 2.05) is 0 Å². The standard InChI is InChI=1S/C22H27N3O2/c26-20-10-17-19(11-21(20)27)24-18-8-2-7-16(18)22(17)23-12-14-4-3-9-25(13-14)15-5-1-6-15/h10-12,14-15,26-27H,1-9,13H2. The predicted molar refractivity (Wildman–Crippen MR) is 107 cm³/mol. The number of hydrogen-bond acceptors (Lipinski definition) is 5. The van der Waals surface area contributed by atoms with E-state index in [9.17, 15) is 10.2 Å². The molecule has 1 saturated carbocycles. The molecule has 1 unspecified atom stereocenters. The Labute approximate surface area is 159 Å². The van der Waals surface area contributed by atoms with Crippen LogP contribution in [0.4, 0.5) is 5.69 Å². The van der Waals surface area contributed by atoms with Crippen LogP contribution >= 0.6 is 0 Å². The second-order valence-corrected chi connectivity index (χ2v) is 8.36. The first-order valence-electron chi connectivity index (χ1n) is 10.3. The molecule has 1 saturated heterocycles. The van der Waals surface area contributed by atoms with Gasteiger partial charge in [-0.3, -0.25) is 14.9 Å². The molecule has 0 amide bonds. The van der Waals surface area contributed by atoms with Crippen molar-refractivity contribution in [3.63, 3.8) is 0 Å². The molecular weight excluding hydrogens is 338 g/mol. The van der Waals surface area contributed by atoms with Gasteiger partial charge in [0.2, 0.25) is 0 Å². The van der Waals surface area contributed by atoms with Crippen LogP contribution in [-0.4, -0.2) is 45.4 Å². The minimum absolute atomic E-state index is 0.104. The van der Waals surface area contributed by atoms with Crippen LogP contribution in [0.5, 0.6) is 11.5 Å². The number of aromatic nitrogens is 1. The molecule has 2 aliphatic carbocycles. The molecule has 5 rings (SSSR count). The molecule has 2 fully saturated rings. The predicted octanol–water partition coefficient (Wildman–Crippen LogP) is 4.10. The summed E-state index contributed by atoms with van der Waals surface area (Å²) >= 11 is 0. The Kier molecular flexibility index (Phi) is 4.27. The smallest absolute Gasteiger partial charge is 0.159 e. The molecular formula is C22H27N3O2. The van der Waals surface area contributed by atoms with E-state index >= 15 is 0 Å². The maximum atomic E-state index is 10.0. The number of rotatable bonds is 3. The number of benzene rings is 1. The van der Waals surface area contributed by atoms with Crippen LogP contribution in [0.1, 0.15) is 49.8 Å². The molecule has 2 N–H and O–H groups in total. The molecule has 1 aromatic carbocycles. The van der Waals surface area contributed by atoms with E-state index in [1.165, 1.54) is 44.2 Å². The fourth-order valence-electron chi connectivity index (χ4n) is 4.84. The number of fused-ring (bicyclic) bond motifs is 2. The number of nitrogens with zero attached hydrogens (tertiary/aromatic N) is 3. The molecule has 1 aliphatic heterocycles. The van der Waals surface area contributed by atoms with Crippen molar-refractivity contribution in [1.29, 1.82) is 0 Å². The minimum atomic E-state index is -0.119. The van der Waals surface area contributed by atoms with Crippen molar-refractivity contribution in [2.75, 3.05) is 13.1 Å². The minimum Gasteiger partial charge on any atom is -0.504 e. The van der Waals surface area contributed by atoms with Crippen molar-refractivity contribution in [1.82, 2.24) is 9.88 Å². The maximum absolute atomic E-state index is 10.0. The quantitative estimate of drug-likeness (QED) is 0.635. The first kappa shape index (κ1) is 17.0. The largest absolute Gasteiger partial charge is 0.504 e. The monoisotopic (exact) mass is 365 g/mol. The van der Waals surface area contributed by atoms with Crippen LogP contribution in [0.2, 0.25) is 0 Å². The summed E-state index contributed by atoms with van der Waals surface area (Å²) in [5.74, 6) is 0.268. The molecule has 3 aliphatic rings. The Bertz CT molecular complexity index is 904. The number of pyridine rings is 1. The molecule has 5 nitrogen and oxygen atoms in total. The normalized spacial score (nSPS) is 23.8. The number of phenolic OH excluding ortho intramolecular Hbond substituents is 2. The third kappa shape index (κ3) is 3.08. The van der Waals surface area contributed by atoms with E-state index in [-0.39, 0.29) is 11.5 Å². The first-order valence-corrected chi connectivity index (χ1v) is 10.3. The molecule has 1 atom stereocenters. The Morgan fingerprint density at radius 2 is 1.89 bits per heavy atom. The second-order valence-electron chi connectivity index (χ2n) is 8.36. The van der Waals surface area contributed by atoms with Gasteiger partial charge >= 0.3 is 0 Å². The van der Waals surface area contributed by atoms with Gasteiger partial charge in [-0.15, -0.1) is 0 Å². The highest BCUT2D eigenvalue weighted by Gasteiger charge is 2.29. The highest BCUT2D eigenvalue weighted by molar-refractivity contribution is 5.95. The van der Waals surface area contributed by atoms with Crippen LogP contribution in [0.25, 0.3) is 10.9 Å². The van der Waals surface area contributed by atoms with E-state index in [2.05, 4.69) is 11.1 Å². The topological polar surface area (TPSA) is 69.0 Å². The number of aryl methyl sites for hydroxylation is 1. The van der Waals surface area contributed by atoms with Gasteiger partial charge in [0.25, 0.3) is 0 Å². The van der Waals surface area contributed by atoms with Gasteiger partial charge in [0.15, 0.2) is 11.5 Å². The summed E-state index contributed by atoms with van der Waals surface area (Å²) in [6, 6.07) is 3.97. The summed E-state index contributed by atoms with van der Waals surface area (Å²) in [5, 5.41) is 20.7. The fraction of sp³-hybridized carbons (Fsp3) is 0.545. The summed E-state index contributed by atoms with van der Waals surface area (Å²) in [4.78, 5) is 12.3. The number of phenols is 2. The Hall–Kier alpha value is -2.14. The van der Waals surface area contributed by atoms with Gasteiger partial charge in [-0.1, -0.05) is 6.42 Å². The van der Waals surface area contributed by atoms with Crippen LogP contribution in [-0.2, 0) is 12.8 Å². The van der Waals surface area contributed by atoms with Crippen LogP contribution < -0.4 is 0 Å². The number of hydrogen-bond donors (Lipinski definition) is 2. The van der Waals surface area contributed by atoms with Gasteiger partial charge in [0, 0.05) is 41.9 Å². The van der Waals surface area contributed by atoms with E-state index in [0.29, 0.717) is 5.92 Å². The van der Waals surface area contributed by atoms with Crippen molar-refractivity contribution in [3.05, 3.63) is 23.4 Å². The second kappa shape index (κ2) is 6.79. The van der Waals surface area contributed by atoms with Crippen molar-refractivity contribution in [2.45, 2.75) is 57.4 Å². The lowest BCUT2D eigenvalue weighted by Crippen LogP contribution is -2.46. The van der Waals surface area contributed by atoms with E-state index in [0.717, 1.165) is 54.1 Å². The van der Waals surface area contributed by atoms with Crippen LogP contribution in [0.15, 0.2) is 17.1 Å². The van der Waals surface area contributed by atoms with Gasteiger partial charge in [0.05, 0.1) is 11.2 Å². The first-order chi connectivity index (χ1) is 13.2. The molecule has 142 valence electrons. The average Bonchev–Trinajstić information content (AvgIpc) is 3.07. The molecule has 27 heavy (non-hydrogen) atoms. The zero-order chi connectivity index (χ0) is 18.4. The van der Waals surface area contributed by atoms with Crippen LogP contribution in [0.3, 0.4) is 0 Å². The number of likely N-dealkylation sites (tertiary alicyclic amines) is 1. The number of piperidine rings is 1. The van der Waals surface area contributed by atoms with Crippen molar-refractivity contribution >= 4 is 22.8 Å². The molecule has 2 aromatic rings. The molecule has 2 heterocycles. The summed E-state index contributed by atoms with van der Waals surface area (Å²) < 4.78 is 0. The SMILES string of the molecule is Oc1cc2nc3c(c(N=CC4CCCN(C5CCC5)C4)c2cc1O)CCC3. The van der Waals surface area contributed by atoms with Crippen molar-refractivity contribution < 1.29 is 10.2 Å². The fourth-order valence-corrected chi connectivity index (χ4v) is 4.84. The lowest BCUT2D eigenvalue weighted by molar-refractivity contribution is 0.0931. The number of aliphatic imine (C=N–C) groups is 1. The Morgan fingerprint density at radius 3 is 2.70 bits per heavy atom. The lowest BCUT2D eigenvalue weighted by atomic mass is 9.88. The van der Waals surface area contributed by atoms with Gasteiger partial charge < -0.3 is 10.2 Å². The van der Waals surface area contributed by atoms with Gasteiger partial charge in [-0.05, 0) is 63.1 Å². The van der Waals surface area contributed by atoms with Crippen LogP contribution in [0, 0.1) is 5.92 Å². The van der Waals surface area contributed by atoms with Crippen molar-refractivity contribution in [2.24, 2.45) is 10.9 Å². The molecule has 0 bridgehead atoms. The summed E-state index contributed by atoms with van der Waals surface area (Å²) in [5.41, 5.74) is 3.98. The highest BCUT2D eigenvalue weighted by Crippen LogP contribution is 2.40. The van der Waals surface area contributed by atoms with E-state index in [1.54, 1.807) is 12.1 Å². The number of aromatic hydroxyl groups is 2. The molecule has 5 heteroatoms. The molecule has 0 spiro atoms. The van der Waals surface area contributed by atoms with E-state index in [4.69, 9.17) is 9.98 Å². The summed E-state index contributed by atoms with van der Waals surface area (Å²) in [6.45, 7) is 2.35. The third-order valence-electron chi connectivity index (χ3n) is 6.57. The zero-order valence-electron chi connectivity index (χ0n) is 15.7. The third-order valence-corrected chi connectivity index (χ3v) is 6.57. The van der Waals surface area contributed by atoms with E-state index < -0.39 is 0 Å². The van der Waals surface area contributed by atoms with Gasteiger partial charge in [-0.25, -0.2) is 0 Å². The Morgan fingerprint density at radius 1 is 1.04 bits per heavy atom. The van der Waals surface area contributed by atoms with Gasteiger partial charge in [0.1, 0.15) is 0 Å². The van der Waals surface area contributed by atoms with Crippen molar-refractivity contribution in [3.8, 4) is 11.5 Å². The Balaban J connectivity index is 1.48. The zero-order valence-corrected chi connectivity index (χ0v) is 15.7. The lowest BCUT2D eigenvalue weighted by Gasteiger charge is -2.41. The summed E-state index contributed by atoms with van der Waals surface area (Å²) in [6.07, 6.45) is 11.7.